The van der Waals surface area contributed by atoms with E-state index < -0.39 is 0 Å². The van der Waals surface area contributed by atoms with Gasteiger partial charge in [-0.1, -0.05) is 38.1 Å². The number of aromatic nitrogens is 2. The van der Waals surface area contributed by atoms with Gasteiger partial charge in [0.05, 0.1) is 11.4 Å². The predicted molar refractivity (Wildman–Crippen MR) is 84.7 cm³/mol. The number of hydrogen-bond acceptors (Lipinski definition) is 2. The number of thiazole rings is 1. The van der Waals surface area contributed by atoms with Crippen molar-refractivity contribution >= 4 is 16.3 Å². The van der Waals surface area contributed by atoms with Crippen LogP contribution in [0.3, 0.4) is 0 Å². The predicted octanol–water partition coefficient (Wildman–Crippen LogP) is 4.51. The number of imidazole rings is 1. The molecule has 0 saturated carbocycles. The molecule has 0 atom stereocenters. The van der Waals surface area contributed by atoms with Gasteiger partial charge in [-0.05, 0) is 31.2 Å². The summed E-state index contributed by atoms with van der Waals surface area (Å²) < 4.78 is 2.37. The SMILES string of the molecule is Cc1sc2nc3c(n2c1C)CC(C)(C)c1ccccc1-3. The zero-order chi connectivity index (χ0) is 14.1. The number of rotatable bonds is 0. The van der Waals surface area contributed by atoms with Gasteiger partial charge in [-0.3, -0.25) is 4.40 Å². The van der Waals surface area contributed by atoms with Gasteiger partial charge >= 0.3 is 0 Å². The molecule has 3 heteroatoms. The van der Waals surface area contributed by atoms with Gasteiger partial charge in [0.15, 0.2) is 4.96 Å². The highest BCUT2D eigenvalue weighted by atomic mass is 32.1. The molecular weight excluding hydrogens is 264 g/mol. The molecule has 2 heterocycles. The van der Waals surface area contributed by atoms with Crippen molar-refractivity contribution in [2.24, 2.45) is 0 Å². The number of benzene rings is 1. The Morgan fingerprint density at radius 1 is 1.20 bits per heavy atom. The topological polar surface area (TPSA) is 17.3 Å². The van der Waals surface area contributed by atoms with E-state index in [2.05, 4.69) is 56.4 Å². The molecule has 102 valence electrons. The molecule has 0 radical (unpaired) electrons. The molecule has 3 aromatic rings. The van der Waals surface area contributed by atoms with E-state index in [1.54, 1.807) is 11.3 Å². The summed E-state index contributed by atoms with van der Waals surface area (Å²) in [7, 11) is 0. The van der Waals surface area contributed by atoms with E-state index in [0.717, 1.165) is 11.4 Å². The summed E-state index contributed by atoms with van der Waals surface area (Å²) in [4.78, 5) is 7.43. The van der Waals surface area contributed by atoms with Crippen molar-refractivity contribution in [1.82, 2.24) is 9.38 Å². The second kappa shape index (κ2) is 3.73. The van der Waals surface area contributed by atoms with E-state index in [1.807, 2.05) is 0 Å². The lowest BCUT2D eigenvalue weighted by molar-refractivity contribution is 0.507. The van der Waals surface area contributed by atoms with E-state index in [1.165, 1.54) is 33.1 Å². The molecule has 1 aromatic carbocycles. The summed E-state index contributed by atoms with van der Waals surface area (Å²) in [6.45, 7) is 9.06. The smallest absolute Gasteiger partial charge is 0.194 e. The lowest BCUT2D eigenvalue weighted by Gasteiger charge is -2.32. The van der Waals surface area contributed by atoms with E-state index >= 15 is 0 Å². The second-order valence-electron chi connectivity index (χ2n) is 6.37. The van der Waals surface area contributed by atoms with Crippen molar-refractivity contribution < 1.29 is 0 Å². The van der Waals surface area contributed by atoms with Gasteiger partial charge in [0, 0.05) is 16.1 Å². The van der Waals surface area contributed by atoms with Crippen molar-refractivity contribution in [3.8, 4) is 11.3 Å². The van der Waals surface area contributed by atoms with Gasteiger partial charge in [0.2, 0.25) is 0 Å². The summed E-state index contributed by atoms with van der Waals surface area (Å²) >= 11 is 1.80. The average molecular weight is 282 g/mol. The number of hydrogen-bond donors (Lipinski definition) is 0. The lowest BCUT2D eigenvalue weighted by atomic mass is 9.73. The van der Waals surface area contributed by atoms with Gasteiger partial charge in [0.25, 0.3) is 0 Å². The Morgan fingerprint density at radius 3 is 2.75 bits per heavy atom. The van der Waals surface area contributed by atoms with Crippen LogP contribution in [0.2, 0.25) is 0 Å². The van der Waals surface area contributed by atoms with Gasteiger partial charge in [-0.15, -0.1) is 11.3 Å². The Bertz CT molecular complexity index is 836. The van der Waals surface area contributed by atoms with Crippen LogP contribution >= 0.6 is 11.3 Å². The largest absolute Gasteiger partial charge is 0.291 e. The summed E-state index contributed by atoms with van der Waals surface area (Å²) in [5.74, 6) is 0. The van der Waals surface area contributed by atoms with Gasteiger partial charge in [0.1, 0.15) is 0 Å². The molecule has 2 aromatic heterocycles. The van der Waals surface area contributed by atoms with Gasteiger partial charge in [-0.25, -0.2) is 4.98 Å². The van der Waals surface area contributed by atoms with Crippen molar-refractivity contribution in [2.75, 3.05) is 0 Å². The van der Waals surface area contributed by atoms with Crippen LogP contribution in [0, 0.1) is 13.8 Å². The Labute approximate surface area is 123 Å². The monoisotopic (exact) mass is 282 g/mol. The molecule has 0 spiro atoms. The summed E-state index contributed by atoms with van der Waals surface area (Å²) in [5.41, 5.74) is 6.81. The van der Waals surface area contributed by atoms with Crippen molar-refractivity contribution in [3.63, 3.8) is 0 Å². The van der Waals surface area contributed by atoms with Crippen LogP contribution in [0.15, 0.2) is 24.3 Å². The zero-order valence-corrected chi connectivity index (χ0v) is 13.1. The Hall–Kier alpha value is -1.61. The normalized spacial score (nSPS) is 16.2. The maximum atomic E-state index is 4.92. The quantitative estimate of drug-likeness (QED) is 0.593. The first kappa shape index (κ1) is 12.2. The van der Waals surface area contributed by atoms with Crippen LogP contribution in [0.25, 0.3) is 16.2 Å². The molecular formula is C17H18N2S. The van der Waals surface area contributed by atoms with Gasteiger partial charge in [-0.2, -0.15) is 0 Å². The fraction of sp³-hybridized carbons (Fsp3) is 0.353. The average Bonchev–Trinajstić information content (AvgIpc) is 2.88. The molecule has 0 amide bonds. The van der Waals surface area contributed by atoms with Crippen LogP contribution < -0.4 is 0 Å². The Kier molecular flexibility index (Phi) is 2.27. The van der Waals surface area contributed by atoms with E-state index in [-0.39, 0.29) is 5.41 Å². The van der Waals surface area contributed by atoms with Crippen LogP contribution in [-0.2, 0) is 11.8 Å². The highest BCUT2D eigenvalue weighted by Crippen LogP contribution is 2.44. The first-order valence-corrected chi connectivity index (χ1v) is 7.88. The second-order valence-corrected chi connectivity index (χ2v) is 7.56. The fourth-order valence-electron chi connectivity index (χ4n) is 3.39. The maximum absolute atomic E-state index is 4.92. The minimum absolute atomic E-state index is 0.168. The first-order chi connectivity index (χ1) is 9.49. The molecule has 4 rings (SSSR count). The van der Waals surface area contributed by atoms with Crippen LogP contribution in [0.1, 0.15) is 35.7 Å². The summed E-state index contributed by atoms with van der Waals surface area (Å²) in [6.07, 6.45) is 1.05. The molecule has 20 heavy (non-hydrogen) atoms. The van der Waals surface area contributed by atoms with Crippen LogP contribution in [-0.4, -0.2) is 9.38 Å². The Morgan fingerprint density at radius 2 is 1.95 bits per heavy atom. The van der Waals surface area contributed by atoms with E-state index in [4.69, 9.17) is 4.98 Å². The van der Waals surface area contributed by atoms with E-state index in [0.29, 0.717) is 0 Å². The molecule has 1 aliphatic carbocycles. The molecule has 0 bridgehead atoms. The zero-order valence-electron chi connectivity index (χ0n) is 12.3. The molecule has 0 aliphatic heterocycles. The molecule has 0 N–H and O–H groups in total. The molecule has 2 nitrogen and oxygen atoms in total. The standard InChI is InChI=1S/C17H18N2S/c1-10-11(2)20-16-18-15-12-7-5-6-8-13(12)17(3,4)9-14(15)19(10)16/h5-8H,9H2,1-4H3. The Balaban J connectivity index is 2.12. The molecule has 0 unspecified atom stereocenters. The third kappa shape index (κ3) is 1.41. The maximum Gasteiger partial charge on any atom is 0.194 e. The number of aryl methyl sites for hydroxylation is 2. The summed E-state index contributed by atoms with van der Waals surface area (Å²) in [6, 6.07) is 8.73. The van der Waals surface area contributed by atoms with Crippen molar-refractivity contribution in [2.45, 2.75) is 39.5 Å². The molecule has 1 aliphatic rings. The molecule has 0 fully saturated rings. The van der Waals surface area contributed by atoms with Crippen molar-refractivity contribution in [1.29, 1.82) is 0 Å². The fourth-order valence-corrected chi connectivity index (χ4v) is 4.37. The number of nitrogens with zero attached hydrogens (tertiary/aromatic N) is 2. The lowest BCUT2D eigenvalue weighted by Crippen LogP contribution is -2.26. The minimum Gasteiger partial charge on any atom is -0.291 e. The van der Waals surface area contributed by atoms with E-state index in [9.17, 15) is 0 Å². The highest BCUT2D eigenvalue weighted by Gasteiger charge is 2.34. The highest BCUT2D eigenvalue weighted by molar-refractivity contribution is 7.17. The first-order valence-electron chi connectivity index (χ1n) is 7.06. The number of fused-ring (bicyclic) bond motifs is 5. The molecule has 0 saturated heterocycles. The van der Waals surface area contributed by atoms with Crippen LogP contribution in [0.4, 0.5) is 0 Å². The minimum atomic E-state index is 0.168. The van der Waals surface area contributed by atoms with Crippen LogP contribution in [0.5, 0.6) is 0 Å². The van der Waals surface area contributed by atoms with Crippen molar-refractivity contribution in [3.05, 3.63) is 46.1 Å². The third-order valence-corrected chi connectivity index (χ3v) is 5.61. The summed E-state index contributed by atoms with van der Waals surface area (Å²) in [5, 5.41) is 0. The third-order valence-electron chi connectivity index (χ3n) is 4.55. The van der Waals surface area contributed by atoms with Gasteiger partial charge < -0.3 is 0 Å².